The van der Waals surface area contributed by atoms with Gasteiger partial charge in [0.1, 0.15) is 5.75 Å². The smallest absolute Gasteiger partial charge is 0.255 e. The summed E-state index contributed by atoms with van der Waals surface area (Å²) in [6.45, 7) is 5.55. The lowest BCUT2D eigenvalue weighted by molar-refractivity contribution is 0.0511. The summed E-state index contributed by atoms with van der Waals surface area (Å²) in [5.74, 6) is 1.59. The molecule has 0 radical (unpaired) electrons. The van der Waals surface area contributed by atoms with E-state index in [0.29, 0.717) is 42.6 Å². The normalized spacial score (nSPS) is 15.0. The molecule has 1 saturated heterocycles. The molecule has 6 nitrogen and oxygen atoms in total. The molecule has 0 unspecified atom stereocenters. The highest BCUT2D eigenvalue weighted by molar-refractivity contribution is 5.97. The van der Waals surface area contributed by atoms with Crippen LogP contribution >= 0.6 is 12.4 Å². The van der Waals surface area contributed by atoms with E-state index in [1.165, 1.54) is 0 Å². The van der Waals surface area contributed by atoms with Crippen LogP contribution in [0, 0.1) is 5.41 Å². The maximum atomic E-state index is 13.0. The summed E-state index contributed by atoms with van der Waals surface area (Å²) in [6.07, 6.45) is 1.95. The first-order valence-corrected chi connectivity index (χ1v) is 10.1. The standard InChI is InChI=1S/C23H30N2O4.ClH/c1-3-28-20-10-6-7-11-21(20)29-19-9-5-4-8-18(19)22(26)25-16-23(17-27-2)12-14-24-15-13-23;/h4-11,24H,3,12-17H2,1-2H3,(H,25,26);1H. The van der Waals surface area contributed by atoms with E-state index in [4.69, 9.17) is 14.2 Å². The molecule has 1 aliphatic rings. The van der Waals surface area contributed by atoms with Crippen LogP contribution in [-0.2, 0) is 4.74 Å². The van der Waals surface area contributed by atoms with Gasteiger partial charge >= 0.3 is 0 Å². The highest BCUT2D eigenvalue weighted by Crippen LogP contribution is 2.33. The highest BCUT2D eigenvalue weighted by Gasteiger charge is 2.32. The maximum Gasteiger partial charge on any atom is 0.255 e. The maximum absolute atomic E-state index is 13.0. The molecule has 0 bridgehead atoms. The molecule has 1 aliphatic heterocycles. The number of nitrogens with one attached hydrogen (secondary N) is 2. The number of methoxy groups -OCH3 is 1. The lowest BCUT2D eigenvalue weighted by atomic mass is 9.79. The summed E-state index contributed by atoms with van der Waals surface area (Å²) in [6, 6.07) is 14.7. The molecule has 7 heteroatoms. The fraction of sp³-hybridized carbons (Fsp3) is 0.435. The van der Waals surface area contributed by atoms with E-state index in [-0.39, 0.29) is 23.7 Å². The van der Waals surface area contributed by atoms with Crippen LogP contribution in [0.25, 0.3) is 0 Å². The van der Waals surface area contributed by atoms with Gasteiger partial charge in [0.2, 0.25) is 0 Å². The second-order valence-corrected chi connectivity index (χ2v) is 7.34. The molecule has 3 rings (SSSR count). The Balaban J connectivity index is 0.00000320. The molecule has 30 heavy (non-hydrogen) atoms. The van der Waals surface area contributed by atoms with Crippen molar-refractivity contribution >= 4 is 18.3 Å². The Morgan fingerprint density at radius 2 is 1.67 bits per heavy atom. The van der Waals surface area contributed by atoms with E-state index in [9.17, 15) is 4.79 Å². The van der Waals surface area contributed by atoms with Crippen LogP contribution in [0.15, 0.2) is 48.5 Å². The number of ether oxygens (including phenoxy) is 3. The van der Waals surface area contributed by atoms with Crippen molar-refractivity contribution in [3.05, 3.63) is 54.1 Å². The lowest BCUT2D eigenvalue weighted by Gasteiger charge is -2.37. The number of carbonyl (C=O) groups is 1. The van der Waals surface area contributed by atoms with Crippen molar-refractivity contribution in [1.29, 1.82) is 0 Å². The summed E-state index contributed by atoms with van der Waals surface area (Å²) >= 11 is 0. The molecule has 1 amide bonds. The fourth-order valence-corrected chi connectivity index (χ4v) is 3.67. The number of benzene rings is 2. The first-order chi connectivity index (χ1) is 14.2. The Bertz CT molecular complexity index is 804. The minimum absolute atomic E-state index is 0. The van der Waals surface area contributed by atoms with Gasteiger partial charge in [0.05, 0.1) is 18.8 Å². The molecule has 164 valence electrons. The topological polar surface area (TPSA) is 68.8 Å². The van der Waals surface area contributed by atoms with E-state index in [2.05, 4.69) is 10.6 Å². The van der Waals surface area contributed by atoms with Crippen molar-refractivity contribution in [2.24, 2.45) is 5.41 Å². The highest BCUT2D eigenvalue weighted by atomic mass is 35.5. The first kappa shape index (κ1) is 24.0. The molecular formula is C23H31ClN2O4. The van der Waals surface area contributed by atoms with E-state index in [1.54, 1.807) is 19.2 Å². The summed E-state index contributed by atoms with van der Waals surface area (Å²) in [5.41, 5.74) is 0.466. The molecule has 1 fully saturated rings. The predicted molar refractivity (Wildman–Crippen MR) is 120 cm³/mol. The van der Waals surface area contributed by atoms with Crippen LogP contribution in [0.4, 0.5) is 0 Å². The van der Waals surface area contributed by atoms with Gasteiger partial charge in [-0.1, -0.05) is 24.3 Å². The molecule has 0 atom stereocenters. The molecule has 2 aromatic carbocycles. The Labute approximate surface area is 184 Å². The van der Waals surface area contributed by atoms with Gasteiger partial charge in [-0.3, -0.25) is 4.79 Å². The van der Waals surface area contributed by atoms with Gasteiger partial charge in [-0.25, -0.2) is 0 Å². The van der Waals surface area contributed by atoms with Crippen molar-refractivity contribution < 1.29 is 19.0 Å². The Morgan fingerprint density at radius 1 is 1.03 bits per heavy atom. The largest absolute Gasteiger partial charge is 0.490 e. The molecular weight excluding hydrogens is 404 g/mol. The predicted octanol–water partition coefficient (Wildman–Crippen LogP) is 4.05. The summed E-state index contributed by atoms with van der Waals surface area (Å²) in [4.78, 5) is 13.0. The average Bonchev–Trinajstić information content (AvgIpc) is 2.75. The quantitative estimate of drug-likeness (QED) is 0.623. The zero-order valence-electron chi connectivity index (χ0n) is 17.6. The van der Waals surface area contributed by atoms with Gasteiger partial charge in [-0.2, -0.15) is 0 Å². The van der Waals surface area contributed by atoms with Crippen molar-refractivity contribution in [3.8, 4) is 17.2 Å². The summed E-state index contributed by atoms with van der Waals surface area (Å²) in [5, 5.41) is 6.47. The number of carbonyl (C=O) groups excluding carboxylic acids is 1. The number of hydrogen-bond donors (Lipinski definition) is 2. The number of amides is 1. The van der Waals surface area contributed by atoms with Crippen molar-refractivity contribution in [2.75, 3.05) is 40.0 Å². The van der Waals surface area contributed by atoms with Crippen molar-refractivity contribution in [1.82, 2.24) is 10.6 Å². The van der Waals surface area contributed by atoms with Gasteiger partial charge in [0.15, 0.2) is 11.5 Å². The van der Waals surface area contributed by atoms with Gasteiger partial charge in [-0.15, -0.1) is 12.4 Å². The number of hydrogen-bond acceptors (Lipinski definition) is 5. The van der Waals surface area contributed by atoms with Crippen LogP contribution in [-0.4, -0.2) is 45.9 Å². The summed E-state index contributed by atoms with van der Waals surface area (Å²) in [7, 11) is 1.71. The number of para-hydroxylation sites is 3. The fourth-order valence-electron chi connectivity index (χ4n) is 3.67. The monoisotopic (exact) mass is 434 g/mol. The second kappa shape index (κ2) is 11.8. The van der Waals surface area contributed by atoms with E-state index < -0.39 is 0 Å². The number of piperidine rings is 1. The molecule has 0 spiro atoms. The van der Waals surface area contributed by atoms with Gasteiger partial charge < -0.3 is 24.8 Å². The second-order valence-electron chi connectivity index (χ2n) is 7.34. The third kappa shape index (κ3) is 6.11. The van der Waals surface area contributed by atoms with Crippen molar-refractivity contribution in [3.63, 3.8) is 0 Å². The molecule has 1 heterocycles. The Kier molecular flexibility index (Phi) is 9.43. The van der Waals surface area contributed by atoms with Crippen LogP contribution in [0.5, 0.6) is 17.2 Å². The van der Waals surface area contributed by atoms with E-state index in [0.717, 1.165) is 25.9 Å². The zero-order chi connectivity index (χ0) is 20.5. The zero-order valence-corrected chi connectivity index (χ0v) is 18.4. The van der Waals surface area contributed by atoms with Crippen LogP contribution < -0.4 is 20.1 Å². The lowest BCUT2D eigenvalue weighted by Crippen LogP contribution is -2.47. The Morgan fingerprint density at radius 3 is 2.33 bits per heavy atom. The first-order valence-electron chi connectivity index (χ1n) is 10.1. The van der Waals surface area contributed by atoms with Crippen LogP contribution in [0.2, 0.25) is 0 Å². The molecule has 2 aromatic rings. The molecule has 0 aromatic heterocycles. The van der Waals surface area contributed by atoms with Crippen LogP contribution in [0.1, 0.15) is 30.1 Å². The number of rotatable bonds is 9. The van der Waals surface area contributed by atoms with E-state index >= 15 is 0 Å². The SMILES string of the molecule is CCOc1ccccc1Oc1ccccc1C(=O)NCC1(COC)CCNCC1.Cl. The average molecular weight is 435 g/mol. The molecule has 0 aliphatic carbocycles. The summed E-state index contributed by atoms with van der Waals surface area (Å²) < 4.78 is 17.1. The Hall–Kier alpha value is -2.28. The van der Waals surface area contributed by atoms with Crippen LogP contribution in [0.3, 0.4) is 0 Å². The van der Waals surface area contributed by atoms with Crippen molar-refractivity contribution in [2.45, 2.75) is 19.8 Å². The molecule has 2 N–H and O–H groups in total. The van der Waals surface area contributed by atoms with E-state index in [1.807, 2.05) is 43.3 Å². The molecule has 0 saturated carbocycles. The van der Waals surface area contributed by atoms with Gasteiger partial charge in [0.25, 0.3) is 5.91 Å². The number of halogens is 1. The van der Waals surface area contributed by atoms with Gasteiger partial charge in [-0.05, 0) is 57.1 Å². The minimum Gasteiger partial charge on any atom is -0.490 e. The minimum atomic E-state index is -0.150. The third-order valence-electron chi connectivity index (χ3n) is 5.24. The van der Waals surface area contributed by atoms with Gasteiger partial charge in [0, 0.05) is 19.1 Å². The third-order valence-corrected chi connectivity index (χ3v) is 5.24.